The van der Waals surface area contributed by atoms with Crippen molar-refractivity contribution >= 4 is 22.4 Å². The van der Waals surface area contributed by atoms with E-state index < -0.39 is 17.8 Å². The van der Waals surface area contributed by atoms with Gasteiger partial charge in [0.05, 0.1) is 18.9 Å². The first-order valence-electron chi connectivity index (χ1n) is 8.91. The molecule has 1 aliphatic rings. The normalized spacial score (nSPS) is 15.0. The highest BCUT2D eigenvalue weighted by molar-refractivity contribution is 7.14. The average molecular weight is 421 g/mol. The highest BCUT2D eigenvalue weighted by Crippen LogP contribution is 2.38. The van der Waals surface area contributed by atoms with Crippen LogP contribution in [-0.2, 0) is 10.9 Å². The van der Waals surface area contributed by atoms with Crippen molar-refractivity contribution in [3.63, 3.8) is 0 Å². The van der Waals surface area contributed by atoms with E-state index in [0.29, 0.717) is 24.5 Å². The maximum atomic E-state index is 13.5. The van der Waals surface area contributed by atoms with Gasteiger partial charge in [-0.2, -0.15) is 13.2 Å². The van der Waals surface area contributed by atoms with Crippen LogP contribution in [0.2, 0.25) is 0 Å². The van der Waals surface area contributed by atoms with Crippen LogP contribution in [0.3, 0.4) is 0 Å². The van der Waals surface area contributed by atoms with Gasteiger partial charge in [-0.05, 0) is 30.2 Å². The predicted molar refractivity (Wildman–Crippen MR) is 106 cm³/mol. The van der Waals surface area contributed by atoms with Gasteiger partial charge < -0.3 is 15.4 Å². The minimum absolute atomic E-state index is 0.111. The van der Waals surface area contributed by atoms with E-state index in [0.717, 1.165) is 35.5 Å². The van der Waals surface area contributed by atoms with Gasteiger partial charge in [0.1, 0.15) is 0 Å². The lowest BCUT2D eigenvalue weighted by molar-refractivity contribution is -0.140. The molecule has 1 fully saturated rings. The summed E-state index contributed by atoms with van der Waals surface area (Å²) in [5.74, 6) is -0.413. The van der Waals surface area contributed by atoms with Gasteiger partial charge in [0, 0.05) is 35.8 Å². The molecular formula is C19H18F3N5OS. The fourth-order valence-corrected chi connectivity index (χ4v) is 4.09. The number of halogens is 3. The molecular weight excluding hydrogens is 403 g/mol. The third-order valence-electron chi connectivity index (χ3n) is 4.53. The Morgan fingerprint density at radius 3 is 2.55 bits per heavy atom. The van der Waals surface area contributed by atoms with Gasteiger partial charge in [-0.1, -0.05) is 6.07 Å². The number of benzene rings is 1. The molecule has 1 aliphatic heterocycles. The van der Waals surface area contributed by atoms with Gasteiger partial charge in [-0.25, -0.2) is 15.0 Å². The molecule has 3 heterocycles. The number of rotatable bonds is 3. The molecule has 1 saturated heterocycles. The van der Waals surface area contributed by atoms with Crippen molar-refractivity contribution in [2.75, 3.05) is 36.9 Å². The van der Waals surface area contributed by atoms with E-state index in [2.05, 4.69) is 19.9 Å². The van der Waals surface area contributed by atoms with Crippen LogP contribution in [0.15, 0.2) is 29.8 Å². The van der Waals surface area contributed by atoms with Crippen LogP contribution >= 0.6 is 11.3 Å². The van der Waals surface area contributed by atoms with E-state index in [1.807, 2.05) is 18.4 Å². The molecule has 4 rings (SSSR count). The Kier molecular flexibility index (Phi) is 5.13. The summed E-state index contributed by atoms with van der Waals surface area (Å²) in [4.78, 5) is 14.0. The molecule has 0 amide bonds. The highest BCUT2D eigenvalue weighted by Gasteiger charge is 2.36. The van der Waals surface area contributed by atoms with Crippen LogP contribution in [-0.4, -0.2) is 41.3 Å². The zero-order valence-corrected chi connectivity index (χ0v) is 16.3. The number of hydrogen-bond donors (Lipinski definition) is 1. The second-order valence-corrected chi connectivity index (χ2v) is 7.53. The number of alkyl halides is 3. The fraction of sp³-hybridized carbons (Fsp3) is 0.316. The zero-order chi connectivity index (χ0) is 20.6. The molecule has 0 unspecified atom stereocenters. The smallest absolute Gasteiger partial charge is 0.378 e. The molecule has 6 nitrogen and oxygen atoms in total. The van der Waals surface area contributed by atoms with Gasteiger partial charge in [0.15, 0.2) is 10.8 Å². The van der Waals surface area contributed by atoms with Crippen molar-refractivity contribution in [2.45, 2.75) is 13.1 Å². The second kappa shape index (κ2) is 7.60. The number of anilines is 2. The zero-order valence-electron chi connectivity index (χ0n) is 15.5. The summed E-state index contributed by atoms with van der Waals surface area (Å²) in [6.45, 7) is 4.67. The number of nitrogens with zero attached hydrogens (tertiary/aromatic N) is 4. The third-order valence-corrected chi connectivity index (χ3v) is 5.44. The molecule has 0 aliphatic carbocycles. The van der Waals surface area contributed by atoms with Crippen LogP contribution in [0.1, 0.15) is 11.3 Å². The molecule has 1 aromatic carbocycles. The largest absolute Gasteiger partial charge is 0.434 e. The standard InChI is InChI=1S/C19H18F3N5OS/c1-11-6-12(14-9-24-17(23)26-16(14)19(20,21)22)8-13(7-11)15-10-29-18(25-15)27-2-4-28-5-3-27/h6-10H,2-5H2,1H3,(H2,23,24,26). The van der Waals surface area contributed by atoms with Gasteiger partial charge in [-0.3, -0.25) is 0 Å². The van der Waals surface area contributed by atoms with Crippen LogP contribution in [0.25, 0.3) is 22.4 Å². The summed E-state index contributed by atoms with van der Waals surface area (Å²) in [5, 5.41) is 2.78. The highest BCUT2D eigenvalue weighted by atomic mass is 32.1. The summed E-state index contributed by atoms with van der Waals surface area (Å²) in [7, 11) is 0. The molecule has 10 heteroatoms. The molecule has 0 bridgehead atoms. The molecule has 2 N–H and O–H groups in total. The second-order valence-electron chi connectivity index (χ2n) is 6.69. The molecule has 0 spiro atoms. The summed E-state index contributed by atoms with van der Waals surface area (Å²) in [5.41, 5.74) is 6.85. The molecule has 2 aromatic heterocycles. The first-order valence-corrected chi connectivity index (χ1v) is 9.79. The molecule has 29 heavy (non-hydrogen) atoms. The average Bonchev–Trinajstić information content (AvgIpc) is 3.18. The fourth-order valence-electron chi connectivity index (χ4n) is 3.21. The summed E-state index contributed by atoms with van der Waals surface area (Å²) < 4.78 is 45.8. The Hall–Kier alpha value is -2.72. The van der Waals surface area contributed by atoms with Crippen molar-refractivity contribution in [1.82, 2.24) is 15.0 Å². The van der Waals surface area contributed by atoms with Gasteiger partial charge in [-0.15, -0.1) is 11.3 Å². The summed E-state index contributed by atoms with van der Waals surface area (Å²) in [6.07, 6.45) is -3.52. The van der Waals surface area contributed by atoms with Crippen molar-refractivity contribution in [1.29, 1.82) is 0 Å². The van der Waals surface area contributed by atoms with E-state index in [1.54, 1.807) is 12.1 Å². The van der Waals surface area contributed by atoms with Gasteiger partial charge >= 0.3 is 6.18 Å². The van der Waals surface area contributed by atoms with Crippen molar-refractivity contribution < 1.29 is 17.9 Å². The van der Waals surface area contributed by atoms with E-state index in [1.165, 1.54) is 11.3 Å². The molecule has 0 saturated carbocycles. The number of thiazole rings is 1. The number of hydrogen-bond acceptors (Lipinski definition) is 7. The molecule has 3 aromatic rings. The number of aryl methyl sites for hydroxylation is 1. The summed E-state index contributed by atoms with van der Waals surface area (Å²) >= 11 is 1.51. The Bertz CT molecular complexity index is 1030. The van der Waals surface area contributed by atoms with E-state index >= 15 is 0 Å². The minimum Gasteiger partial charge on any atom is -0.378 e. The molecule has 152 valence electrons. The number of nitrogens with two attached hydrogens (primary N) is 1. The SMILES string of the molecule is Cc1cc(-c2csc(N3CCOCC3)n2)cc(-c2cnc(N)nc2C(F)(F)F)c1. The maximum absolute atomic E-state index is 13.5. The van der Waals surface area contributed by atoms with E-state index in [4.69, 9.17) is 10.5 Å². The topological polar surface area (TPSA) is 77.2 Å². The predicted octanol–water partition coefficient (Wildman–Crippen LogP) is 4.01. The number of aromatic nitrogens is 3. The Morgan fingerprint density at radius 2 is 1.83 bits per heavy atom. The van der Waals surface area contributed by atoms with E-state index in [9.17, 15) is 13.2 Å². The van der Waals surface area contributed by atoms with Crippen molar-refractivity contribution in [3.8, 4) is 22.4 Å². The lowest BCUT2D eigenvalue weighted by Gasteiger charge is -2.26. The summed E-state index contributed by atoms with van der Waals surface area (Å²) in [6, 6.07) is 5.24. The number of ether oxygens (including phenoxy) is 1. The van der Waals surface area contributed by atoms with Crippen LogP contribution in [0, 0.1) is 6.92 Å². The van der Waals surface area contributed by atoms with Crippen LogP contribution in [0.5, 0.6) is 0 Å². The Labute approximate surface area is 169 Å². The molecule has 0 atom stereocenters. The lowest BCUT2D eigenvalue weighted by atomic mass is 9.99. The Balaban J connectivity index is 1.74. The van der Waals surface area contributed by atoms with Crippen molar-refractivity contribution in [2.24, 2.45) is 0 Å². The third kappa shape index (κ3) is 4.18. The van der Waals surface area contributed by atoms with Crippen molar-refractivity contribution in [3.05, 3.63) is 41.0 Å². The minimum atomic E-state index is -4.64. The lowest BCUT2D eigenvalue weighted by Crippen LogP contribution is -2.36. The molecule has 0 radical (unpaired) electrons. The van der Waals surface area contributed by atoms with Crippen LogP contribution in [0.4, 0.5) is 24.3 Å². The monoisotopic (exact) mass is 421 g/mol. The van der Waals surface area contributed by atoms with Crippen LogP contribution < -0.4 is 10.6 Å². The number of morpholine rings is 1. The first kappa shape index (κ1) is 19.6. The van der Waals surface area contributed by atoms with Gasteiger partial charge in [0.2, 0.25) is 5.95 Å². The Morgan fingerprint density at radius 1 is 1.10 bits per heavy atom. The van der Waals surface area contributed by atoms with Gasteiger partial charge in [0.25, 0.3) is 0 Å². The maximum Gasteiger partial charge on any atom is 0.434 e. The quantitative estimate of drug-likeness (QED) is 0.689. The number of nitrogen functional groups attached to an aromatic ring is 1. The van der Waals surface area contributed by atoms with E-state index in [-0.39, 0.29) is 5.56 Å². The first-order chi connectivity index (χ1) is 13.8.